The van der Waals surface area contributed by atoms with Gasteiger partial charge in [0.1, 0.15) is 4.88 Å². The molecule has 7 nitrogen and oxygen atoms in total. The molecule has 0 saturated heterocycles. The number of hydrogen-bond acceptors (Lipinski definition) is 6. The predicted molar refractivity (Wildman–Crippen MR) is 117 cm³/mol. The van der Waals surface area contributed by atoms with E-state index in [4.69, 9.17) is 25.8 Å². The first-order valence-corrected chi connectivity index (χ1v) is 10.2. The minimum atomic E-state index is -0.456. The molecule has 0 fully saturated rings. The van der Waals surface area contributed by atoms with Gasteiger partial charge in [0.15, 0.2) is 11.5 Å². The van der Waals surface area contributed by atoms with Gasteiger partial charge in [-0.15, -0.1) is 11.3 Å². The van der Waals surface area contributed by atoms with Crippen LogP contribution in [0.2, 0.25) is 5.02 Å². The SMILES string of the molecule is COc1cc(CCC(=O)NNC(=O)c2sc3ccccc3c2Cl)cc(OC)c1OC. The van der Waals surface area contributed by atoms with Crippen molar-refractivity contribution < 1.29 is 23.8 Å². The molecule has 30 heavy (non-hydrogen) atoms. The Balaban J connectivity index is 1.59. The van der Waals surface area contributed by atoms with Crippen molar-refractivity contribution in [2.75, 3.05) is 21.3 Å². The number of nitrogens with one attached hydrogen (secondary N) is 2. The van der Waals surface area contributed by atoms with Crippen molar-refractivity contribution in [3.8, 4) is 17.2 Å². The van der Waals surface area contributed by atoms with Gasteiger partial charge in [-0.1, -0.05) is 29.8 Å². The lowest BCUT2D eigenvalue weighted by molar-refractivity contribution is -0.121. The second-order valence-corrected chi connectivity index (χ2v) is 7.71. The highest BCUT2D eigenvalue weighted by Crippen LogP contribution is 2.38. The first kappa shape index (κ1) is 21.7. The van der Waals surface area contributed by atoms with Crippen molar-refractivity contribution in [1.82, 2.24) is 10.9 Å². The maximum absolute atomic E-state index is 12.4. The van der Waals surface area contributed by atoms with Gasteiger partial charge in [0, 0.05) is 16.5 Å². The van der Waals surface area contributed by atoms with E-state index >= 15 is 0 Å². The number of thiophene rings is 1. The Bertz CT molecular complexity index is 1060. The molecule has 1 heterocycles. The first-order chi connectivity index (χ1) is 14.5. The number of fused-ring (bicyclic) bond motifs is 1. The van der Waals surface area contributed by atoms with Crippen molar-refractivity contribution in [3.05, 3.63) is 51.9 Å². The summed E-state index contributed by atoms with van der Waals surface area (Å²) in [7, 11) is 4.59. The molecule has 158 valence electrons. The van der Waals surface area contributed by atoms with E-state index in [-0.39, 0.29) is 12.3 Å². The molecule has 3 aromatic rings. The third-order valence-corrected chi connectivity index (χ3v) is 6.10. The molecular formula is C21H21ClN2O5S. The van der Waals surface area contributed by atoms with Gasteiger partial charge in [-0.05, 0) is 30.2 Å². The summed E-state index contributed by atoms with van der Waals surface area (Å²) in [6.45, 7) is 0. The van der Waals surface area contributed by atoms with Crippen LogP contribution in [0.25, 0.3) is 10.1 Å². The molecule has 0 atom stereocenters. The zero-order valence-electron chi connectivity index (χ0n) is 16.7. The average molecular weight is 449 g/mol. The van der Waals surface area contributed by atoms with Crippen molar-refractivity contribution in [2.45, 2.75) is 12.8 Å². The Morgan fingerprint density at radius 1 is 1.00 bits per heavy atom. The summed E-state index contributed by atoms with van der Waals surface area (Å²) in [5.41, 5.74) is 5.68. The monoisotopic (exact) mass is 448 g/mol. The maximum Gasteiger partial charge on any atom is 0.281 e. The van der Waals surface area contributed by atoms with Crippen LogP contribution in [0.4, 0.5) is 0 Å². The Hall–Kier alpha value is -2.97. The van der Waals surface area contributed by atoms with E-state index in [2.05, 4.69) is 10.9 Å². The molecule has 9 heteroatoms. The molecular weight excluding hydrogens is 428 g/mol. The number of aryl methyl sites for hydroxylation is 1. The minimum Gasteiger partial charge on any atom is -0.493 e. The van der Waals surface area contributed by atoms with Crippen LogP contribution in [0, 0.1) is 0 Å². The van der Waals surface area contributed by atoms with Crippen LogP contribution in [0.1, 0.15) is 21.7 Å². The number of benzene rings is 2. The van der Waals surface area contributed by atoms with Gasteiger partial charge < -0.3 is 14.2 Å². The van der Waals surface area contributed by atoms with Crippen molar-refractivity contribution in [2.24, 2.45) is 0 Å². The lowest BCUT2D eigenvalue weighted by atomic mass is 10.1. The molecule has 2 amide bonds. The van der Waals surface area contributed by atoms with Gasteiger partial charge in [-0.2, -0.15) is 0 Å². The van der Waals surface area contributed by atoms with Gasteiger partial charge in [-0.25, -0.2) is 0 Å². The lowest BCUT2D eigenvalue weighted by Gasteiger charge is -2.14. The van der Waals surface area contributed by atoms with E-state index in [1.165, 1.54) is 32.7 Å². The number of hydrogen-bond donors (Lipinski definition) is 2. The fourth-order valence-corrected chi connectivity index (χ4v) is 4.36. The van der Waals surface area contributed by atoms with E-state index in [1.807, 2.05) is 24.3 Å². The van der Waals surface area contributed by atoms with Gasteiger partial charge in [0.05, 0.1) is 26.4 Å². The molecule has 0 aliphatic heterocycles. The summed E-state index contributed by atoms with van der Waals surface area (Å²) in [5, 5.41) is 1.18. The van der Waals surface area contributed by atoms with Gasteiger partial charge in [0.25, 0.3) is 5.91 Å². The van der Waals surface area contributed by atoms with Crippen LogP contribution in [0.3, 0.4) is 0 Å². The number of carbonyl (C=O) groups excluding carboxylic acids is 2. The number of hydrazine groups is 1. The summed E-state index contributed by atoms with van der Waals surface area (Å²) in [5.74, 6) is 0.720. The molecule has 2 aromatic carbocycles. The van der Waals surface area contributed by atoms with Crippen LogP contribution < -0.4 is 25.1 Å². The second kappa shape index (κ2) is 9.69. The van der Waals surface area contributed by atoms with Crippen molar-refractivity contribution in [3.63, 3.8) is 0 Å². The third kappa shape index (κ3) is 4.60. The summed E-state index contributed by atoms with van der Waals surface area (Å²) in [4.78, 5) is 25.0. The second-order valence-electron chi connectivity index (χ2n) is 6.28. The Kier molecular flexibility index (Phi) is 7.02. The van der Waals surface area contributed by atoms with E-state index in [1.54, 1.807) is 12.1 Å². The number of rotatable bonds is 7. The molecule has 0 aliphatic carbocycles. The topological polar surface area (TPSA) is 85.9 Å². The molecule has 0 bridgehead atoms. The summed E-state index contributed by atoms with van der Waals surface area (Å²) in [6, 6.07) is 11.0. The highest BCUT2D eigenvalue weighted by atomic mass is 35.5. The molecule has 0 aliphatic rings. The van der Waals surface area contributed by atoms with Crippen LogP contribution in [0.15, 0.2) is 36.4 Å². The number of ether oxygens (including phenoxy) is 3. The fourth-order valence-electron chi connectivity index (χ4n) is 2.94. The van der Waals surface area contributed by atoms with Crippen LogP contribution in [-0.4, -0.2) is 33.1 Å². The maximum atomic E-state index is 12.4. The number of methoxy groups -OCH3 is 3. The summed E-state index contributed by atoms with van der Waals surface area (Å²) >= 11 is 7.56. The normalized spacial score (nSPS) is 10.5. The molecule has 0 saturated carbocycles. The Labute approximate surface area is 182 Å². The van der Waals surface area contributed by atoms with Crippen molar-refractivity contribution in [1.29, 1.82) is 0 Å². The lowest BCUT2D eigenvalue weighted by Crippen LogP contribution is -2.41. The van der Waals surface area contributed by atoms with Gasteiger partial charge in [-0.3, -0.25) is 20.4 Å². The molecule has 0 unspecified atom stereocenters. The van der Waals surface area contributed by atoms with Gasteiger partial charge >= 0.3 is 0 Å². The average Bonchev–Trinajstić information content (AvgIpc) is 3.11. The minimum absolute atomic E-state index is 0.152. The zero-order valence-corrected chi connectivity index (χ0v) is 18.3. The Morgan fingerprint density at radius 3 is 2.27 bits per heavy atom. The molecule has 0 spiro atoms. The third-order valence-electron chi connectivity index (χ3n) is 4.42. The first-order valence-electron chi connectivity index (χ1n) is 9.03. The predicted octanol–water partition coefficient (Wildman–Crippen LogP) is 3.97. The highest BCUT2D eigenvalue weighted by Gasteiger charge is 2.18. The van der Waals surface area contributed by atoms with E-state index < -0.39 is 5.91 Å². The Morgan fingerprint density at radius 2 is 1.67 bits per heavy atom. The standard InChI is InChI=1S/C21H21ClN2O5S/c1-27-14-10-12(11-15(28-2)19(14)29-3)8-9-17(25)23-24-21(26)20-18(22)13-6-4-5-7-16(13)30-20/h4-7,10-11H,8-9H2,1-3H3,(H,23,25)(H,24,26). The summed E-state index contributed by atoms with van der Waals surface area (Å²) < 4.78 is 16.8. The van der Waals surface area contributed by atoms with Crippen molar-refractivity contribution >= 4 is 44.8 Å². The van der Waals surface area contributed by atoms with E-state index in [9.17, 15) is 9.59 Å². The van der Waals surface area contributed by atoms with E-state index in [0.717, 1.165) is 15.6 Å². The number of carbonyl (C=O) groups is 2. The molecule has 1 aromatic heterocycles. The molecule has 2 N–H and O–H groups in total. The van der Waals surface area contributed by atoms with Crippen LogP contribution in [-0.2, 0) is 11.2 Å². The summed E-state index contributed by atoms with van der Waals surface area (Å²) in [6.07, 6.45) is 0.571. The highest BCUT2D eigenvalue weighted by molar-refractivity contribution is 7.21. The van der Waals surface area contributed by atoms with E-state index in [0.29, 0.717) is 33.6 Å². The largest absolute Gasteiger partial charge is 0.493 e. The molecule has 0 radical (unpaired) electrons. The zero-order chi connectivity index (χ0) is 21.7. The van der Waals surface area contributed by atoms with Gasteiger partial charge in [0.2, 0.25) is 11.7 Å². The quantitative estimate of drug-likeness (QED) is 0.534. The fraction of sp³-hybridized carbons (Fsp3) is 0.238. The molecule has 3 rings (SSSR count). The number of amides is 2. The smallest absolute Gasteiger partial charge is 0.281 e. The number of halogens is 1. The van der Waals surface area contributed by atoms with Crippen LogP contribution in [0.5, 0.6) is 17.2 Å². The van der Waals surface area contributed by atoms with Crippen LogP contribution >= 0.6 is 22.9 Å².